The van der Waals surface area contributed by atoms with Crippen molar-refractivity contribution in [2.75, 3.05) is 0 Å². The van der Waals surface area contributed by atoms with Gasteiger partial charge in [-0.05, 0) is 23.6 Å². The van der Waals surface area contributed by atoms with Crippen molar-refractivity contribution >= 4 is 0 Å². The van der Waals surface area contributed by atoms with Crippen LogP contribution in [0.4, 0.5) is 13.2 Å². The van der Waals surface area contributed by atoms with Gasteiger partial charge in [0, 0.05) is 6.20 Å². The van der Waals surface area contributed by atoms with Gasteiger partial charge in [0.25, 0.3) is 0 Å². The van der Waals surface area contributed by atoms with Gasteiger partial charge in [0.15, 0.2) is 6.10 Å². The number of hydrogen-bond acceptors (Lipinski definition) is 2. The molecule has 0 radical (unpaired) electrons. The van der Waals surface area contributed by atoms with E-state index in [1.54, 1.807) is 6.07 Å². The van der Waals surface area contributed by atoms with E-state index < -0.39 is 12.3 Å². The van der Waals surface area contributed by atoms with Crippen LogP contribution in [0, 0.1) is 0 Å². The van der Waals surface area contributed by atoms with Gasteiger partial charge in [0.1, 0.15) is 0 Å². The van der Waals surface area contributed by atoms with Crippen molar-refractivity contribution in [2.24, 2.45) is 0 Å². The predicted molar refractivity (Wildman–Crippen MR) is 49.3 cm³/mol. The topological polar surface area (TPSA) is 33.1 Å². The van der Waals surface area contributed by atoms with E-state index in [-0.39, 0.29) is 11.6 Å². The number of hydrogen-bond donors (Lipinski definition) is 1. The predicted octanol–water partition coefficient (Wildman–Crippen LogP) is 2.80. The molecule has 5 heteroatoms. The number of aromatic nitrogens is 1. The summed E-state index contributed by atoms with van der Waals surface area (Å²) in [5.41, 5.74) is 0.372. The molecule has 0 bridgehead atoms. The summed E-state index contributed by atoms with van der Waals surface area (Å²) >= 11 is 0. The van der Waals surface area contributed by atoms with Crippen LogP contribution in [-0.2, 0) is 0 Å². The highest BCUT2D eigenvalue weighted by Gasteiger charge is 2.40. The van der Waals surface area contributed by atoms with Gasteiger partial charge in [-0.15, -0.1) is 0 Å². The Labute approximate surface area is 85.8 Å². The monoisotopic (exact) mass is 219 g/mol. The fourth-order valence-corrected chi connectivity index (χ4v) is 1.14. The average molecular weight is 219 g/mol. The lowest BCUT2D eigenvalue weighted by molar-refractivity contribution is -0.208. The molecule has 0 aliphatic rings. The van der Waals surface area contributed by atoms with Gasteiger partial charge in [0.05, 0.1) is 5.69 Å². The summed E-state index contributed by atoms with van der Waals surface area (Å²) in [6.07, 6.45) is -5.89. The normalized spacial score (nSPS) is 14.3. The van der Waals surface area contributed by atoms with Gasteiger partial charge >= 0.3 is 6.18 Å². The van der Waals surface area contributed by atoms with Crippen LogP contribution >= 0.6 is 0 Å². The minimum absolute atomic E-state index is 0.104. The van der Waals surface area contributed by atoms with Crippen molar-refractivity contribution in [3.63, 3.8) is 0 Å². The Hall–Kier alpha value is -1.10. The molecule has 0 aromatic carbocycles. The number of pyridine rings is 1. The summed E-state index contributed by atoms with van der Waals surface area (Å²) in [5.74, 6) is 0.104. The van der Waals surface area contributed by atoms with Crippen LogP contribution in [0.3, 0.4) is 0 Å². The first-order chi connectivity index (χ1) is 6.82. The Kier molecular flexibility index (Phi) is 3.34. The molecular formula is C10H12F3NO. The lowest BCUT2D eigenvalue weighted by atomic mass is 10.0. The molecule has 84 valence electrons. The van der Waals surface area contributed by atoms with Crippen LogP contribution in [0.5, 0.6) is 0 Å². The van der Waals surface area contributed by atoms with Gasteiger partial charge in [-0.2, -0.15) is 13.2 Å². The third-order valence-corrected chi connectivity index (χ3v) is 2.06. The van der Waals surface area contributed by atoms with E-state index >= 15 is 0 Å². The highest BCUT2D eigenvalue weighted by molar-refractivity contribution is 5.21. The van der Waals surface area contributed by atoms with Gasteiger partial charge in [-0.25, -0.2) is 0 Å². The molecule has 0 aliphatic heterocycles. The second-order valence-electron chi connectivity index (χ2n) is 3.61. The minimum Gasteiger partial charge on any atom is -0.378 e. The van der Waals surface area contributed by atoms with Crippen LogP contribution in [-0.4, -0.2) is 16.3 Å². The number of alkyl halides is 3. The van der Waals surface area contributed by atoms with E-state index in [4.69, 9.17) is 5.11 Å². The van der Waals surface area contributed by atoms with Crippen molar-refractivity contribution in [1.82, 2.24) is 4.98 Å². The molecule has 2 nitrogen and oxygen atoms in total. The third-order valence-electron chi connectivity index (χ3n) is 2.06. The zero-order valence-corrected chi connectivity index (χ0v) is 8.42. The first-order valence-electron chi connectivity index (χ1n) is 4.53. The molecular weight excluding hydrogens is 207 g/mol. The molecule has 1 aromatic rings. The van der Waals surface area contributed by atoms with E-state index in [1.165, 1.54) is 12.3 Å². The fourth-order valence-electron chi connectivity index (χ4n) is 1.14. The van der Waals surface area contributed by atoms with E-state index in [9.17, 15) is 13.2 Å². The number of rotatable bonds is 2. The Morgan fingerprint density at radius 2 is 1.93 bits per heavy atom. The molecule has 1 atom stereocenters. The van der Waals surface area contributed by atoms with Crippen molar-refractivity contribution in [1.29, 1.82) is 0 Å². The lowest BCUT2D eigenvalue weighted by Crippen LogP contribution is -2.21. The average Bonchev–Trinajstić information content (AvgIpc) is 2.15. The van der Waals surface area contributed by atoms with E-state index in [0.29, 0.717) is 0 Å². The van der Waals surface area contributed by atoms with Gasteiger partial charge in [0.2, 0.25) is 0 Å². The Balaban J connectivity index is 3.00. The van der Waals surface area contributed by atoms with Gasteiger partial charge in [-0.1, -0.05) is 13.8 Å². The summed E-state index contributed by atoms with van der Waals surface area (Å²) in [5, 5.41) is 8.98. The van der Waals surface area contributed by atoms with Crippen molar-refractivity contribution in [2.45, 2.75) is 32.0 Å². The molecule has 0 aliphatic carbocycles. The molecule has 0 fully saturated rings. The maximum Gasteiger partial charge on any atom is 0.420 e. The molecule has 0 saturated carbocycles. The molecule has 15 heavy (non-hydrogen) atoms. The van der Waals surface area contributed by atoms with E-state index in [1.807, 2.05) is 13.8 Å². The standard InChI is InChI=1S/C10H12F3NO/c1-6(2)7-3-4-14-8(5-7)9(15)10(11,12)13/h3-6,9,15H,1-2H3. The summed E-state index contributed by atoms with van der Waals surface area (Å²) in [6.45, 7) is 3.72. The largest absolute Gasteiger partial charge is 0.420 e. The van der Waals surface area contributed by atoms with Crippen molar-refractivity contribution in [3.8, 4) is 0 Å². The molecule has 0 saturated heterocycles. The zero-order chi connectivity index (χ0) is 11.6. The van der Waals surface area contributed by atoms with Crippen LogP contribution in [0.1, 0.15) is 37.1 Å². The Morgan fingerprint density at radius 1 is 1.33 bits per heavy atom. The first kappa shape index (κ1) is 12.0. The SMILES string of the molecule is CC(C)c1ccnc(C(O)C(F)(F)F)c1. The van der Waals surface area contributed by atoms with Crippen LogP contribution < -0.4 is 0 Å². The van der Waals surface area contributed by atoms with Crippen LogP contribution in [0.2, 0.25) is 0 Å². The zero-order valence-electron chi connectivity index (χ0n) is 8.42. The summed E-state index contributed by atoms with van der Waals surface area (Å²) in [7, 11) is 0. The Morgan fingerprint density at radius 3 is 2.40 bits per heavy atom. The van der Waals surface area contributed by atoms with Gasteiger partial charge in [-0.3, -0.25) is 4.98 Å². The highest BCUT2D eigenvalue weighted by Crippen LogP contribution is 2.32. The minimum atomic E-state index is -4.66. The molecule has 1 heterocycles. The van der Waals surface area contributed by atoms with E-state index in [2.05, 4.69) is 4.98 Å². The molecule has 1 rings (SSSR count). The number of nitrogens with zero attached hydrogens (tertiary/aromatic N) is 1. The third kappa shape index (κ3) is 2.92. The second-order valence-corrected chi connectivity index (χ2v) is 3.61. The Bertz CT molecular complexity index is 336. The second kappa shape index (κ2) is 4.18. The molecule has 1 N–H and O–H groups in total. The fraction of sp³-hybridized carbons (Fsp3) is 0.500. The van der Waals surface area contributed by atoms with Crippen LogP contribution in [0.15, 0.2) is 18.3 Å². The number of halogens is 3. The molecule has 0 amide bonds. The molecule has 1 unspecified atom stereocenters. The number of aliphatic hydroxyl groups is 1. The highest BCUT2D eigenvalue weighted by atomic mass is 19.4. The maximum atomic E-state index is 12.2. The number of aliphatic hydroxyl groups excluding tert-OH is 1. The smallest absolute Gasteiger partial charge is 0.378 e. The summed E-state index contributed by atoms with van der Waals surface area (Å²) in [4.78, 5) is 3.52. The lowest BCUT2D eigenvalue weighted by Gasteiger charge is -2.15. The van der Waals surface area contributed by atoms with Crippen molar-refractivity contribution < 1.29 is 18.3 Å². The van der Waals surface area contributed by atoms with Crippen LogP contribution in [0.25, 0.3) is 0 Å². The van der Waals surface area contributed by atoms with E-state index in [0.717, 1.165) is 5.56 Å². The first-order valence-corrected chi connectivity index (χ1v) is 4.53. The maximum absolute atomic E-state index is 12.2. The summed E-state index contributed by atoms with van der Waals surface area (Å²) in [6, 6.07) is 2.92. The van der Waals surface area contributed by atoms with Gasteiger partial charge < -0.3 is 5.11 Å². The molecule has 1 aromatic heterocycles. The summed E-state index contributed by atoms with van der Waals surface area (Å²) < 4.78 is 36.5. The van der Waals surface area contributed by atoms with Crippen molar-refractivity contribution in [3.05, 3.63) is 29.6 Å². The quantitative estimate of drug-likeness (QED) is 0.829. The molecule has 0 spiro atoms.